The second-order valence-corrected chi connectivity index (χ2v) is 7.06. The first-order valence-electron chi connectivity index (χ1n) is 9.95. The standard InChI is InChI=1S/C25H21NO7/c1-16-9-8-14-19(15-16)26-22(27)20(32-24(30)17-10-4-2-5-11-17)21(23(28)29)33-25(31)18-12-6-3-7-13-18/h2-15,20-21H,1H3,(H,26,27)(H,28,29)/p-1/t20-,21-/m0/s1. The first kappa shape index (κ1) is 23.2. The number of aryl methyl sites for hydroxylation is 1. The monoisotopic (exact) mass is 446 g/mol. The SMILES string of the molecule is Cc1cccc(NC(=O)[C@@H](OC(=O)c2ccccc2)[C@H](OC(=O)c2ccccc2)C(=O)[O-])c1. The number of aliphatic carboxylic acids is 1. The van der Waals surface area contributed by atoms with Gasteiger partial charge in [-0.25, -0.2) is 9.59 Å². The molecule has 1 amide bonds. The lowest BCUT2D eigenvalue weighted by atomic mass is 10.1. The molecule has 33 heavy (non-hydrogen) atoms. The summed E-state index contributed by atoms with van der Waals surface area (Å²) in [7, 11) is 0. The Morgan fingerprint density at radius 1 is 0.727 bits per heavy atom. The maximum absolute atomic E-state index is 13.0. The summed E-state index contributed by atoms with van der Waals surface area (Å²) >= 11 is 0. The van der Waals surface area contributed by atoms with Gasteiger partial charge in [0, 0.05) is 5.69 Å². The van der Waals surface area contributed by atoms with Crippen LogP contribution in [-0.2, 0) is 19.1 Å². The van der Waals surface area contributed by atoms with Crippen LogP contribution in [0.3, 0.4) is 0 Å². The van der Waals surface area contributed by atoms with Crippen molar-refractivity contribution in [3.8, 4) is 0 Å². The quantitative estimate of drug-likeness (QED) is 0.526. The summed E-state index contributed by atoms with van der Waals surface area (Å²) < 4.78 is 10.3. The number of rotatable bonds is 8. The number of anilines is 1. The first-order valence-corrected chi connectivity index (χ1v) is 9.95. The number of carbonyl (C=O) groups is 4. The van der Waals surface area contributed by atoms with Crippen LogP contribution in [0.25, 0.3) is 0 Å². The lowest BCUT2D eigenvalue weighted by Gasteiger charge is -2.27. The van der Waals surface area contributed by atoms with Crippen LogP contribution in [0.4, 0.5) is 5.69 Å². The molecule has 0 aliphatic heterocycles. The van der Waals surface area contributed by atoms with Gasteiger partial charge in [-0.15, -0.1) is 0 Å². The topological polar surface area (TPSA) is 122 Å². The molecular formula is C25H20NO7-. The first-order chi connectivity index (χ1) is 15.8. The van der Waals surface area contributed by atoms with Crippen LogP contribution in [0.2, 0.25) is 0 Å². The Kier molecular flexibility index (Phi) is 7.54. The molecule has 0 bridgehead atoms. The smallest absolute Gasteiger partial charge is 0.339 e. The average Bonchev–Trinajstić information content (AvgIpc) is 2.82. The molecule has 2 atom stereocenters. The third-order valence-corrected chi connectivity index (χ3v) is 4.54. The largest absolute Gasteiger partial charge is 0.546 e. The van der Waals surface area contributed by atoms with Crippen LogP contribution >= 0.6 is 0 Å². The number of benzene rings is 3. The number of carboxylic acids is 1. The van der Waals surface area contributed by atoms with Crippen molar-refractivity contribution < 1.29 is 33.8 Å². The van der Waals surface area contributed by atoms with Crippen molar-refractivity contribution >= 4 is 29.5 Å². The molecule has 0 spiro atoms. The van der Waals surface area contributed by atoms with E-state index in [2.05, 4.69) is 5.32 Å². The van der Waals surface area contributed by atoms with Crippen LogP contribution in [0.15, 0.2) is 84.9 Å². The van der Waals surface area contributed by atoms with Crippen molar-refractivity contribution in [3.63, 3.8) is 0 Å². The van der Waals surface area contributed by atoms with Gasteiger partial charge in [-0.05, 0) is 48.9 Å². The fraction of sp³-hybridized carbons (Fsp3) is 0.120. The van der Waals surface area contributed by atoms with E-state index in [1.807, 2.05) is 0 Å². The fourth-order valence-corrected chi connectivity index (χ4v) is 2.94. The third kappa shape index (κ3) is 6.27. The minimum Gasteiger partial charge on any atom is -0.546 e. The summed E-state index contributed by atoms with van der Waals surface area (Å²) in [6.45, 7) is 1.80. The highest BCUT2D eigenvalue weighted by Crippen LogP contribution is 2.16. The number of carboxylic acid groups (broad SMARTS) is 1. The number of hydrogen-bond donors (Lipinski definition) is 1. The maximum Gasteiger partial charge on any atom is 0.339 e. The highest BCUT2D eigenvalue weighted by Gasteiger charge is 2.37. The lowest BCUT2D eigenvalue weighted by Crippen LogP contribution is -2.52. The molecule has 168 valence electrons. The van der Waals surface area contributed by atoms with Crippen molar-refractivity contribution in [1.82, 2.24) is 0 Å². The van der Waals surface area contributed by atoms with Gasteiger partial charge in [-0.2, -0.15) is 0 Å². The van der Waals surface area contributed by atoms with E-state index in [9.17, 15) is 24.3 Å². The highest BCUT2D eigenvalue weighted by molar-refractivity contribution is 6.01. The van der Waals surface area contributed by atoms with E-state index in [0.717, 1.165) is 5.56 Å². The van der Waals surface area contributed by atoms with Gasteiger partial charge in [0.2, 0.25) is 6.10 Å². The van der Waals surface area contributed by atoms with Crippen LogP contribution < -0.4 is 10.4 Å². The van der Waals surface area contributed by atoms with Crippen molar-refractivity contribution in [2.45, 2.75) is 19.1 Å². The summed E-state index contributed by atoms with van der Waals surface area (Å²) in [5, 5.41) is 14.4. The minimum absolute atomic E-state index is 0.0518. The highest BCUT2D eigenvalue weighted by atomic mass is 16.6. The third-order valence-electron chi connectivity index (χ3n) is 4.54. The molecule has 0 radical (unpaired) electrons. The van der Waals surface area contributed by atoms with Gasteiger partial charge in [0.05, 0.1) is 17.1 Å². The van der Waals surface area contributed by atoms with E-state index in [0.29, 0.717) is 5.69 Å². The summed E-state index contributed by atoms with van der Waals surface area (Å²) in [5.41, 5.74) is 1.30. The summed E-state index contributed by atoms with van der Waals surface area (Å²) in [5.74, 6) is -4.89. The predicted octanol–water partition coefficient (Wildman–Crippen LogP) is 2.13. The molecule has 0 aliphatic carbocycles. The molecule has 0 aliphatic rings. The Balaban J connectivity index is 1.90. The van der Waals surface area contributed by atoms with Gasteiger partial charge < -0.3 is 24.7 Å². The van der Waals surface area contributed by atoms with E-state index in [-0.39, 0.29) is 11.1 Å². The number of esters is 2. The zero-order valence-electron chi connectivity index (χ0n) is 17.6. The van der Waals surface area contributed by atoms with Crippen LogP contribution in [-0.4, -0.2) is 36.0 Å². The number of hydrogen-bond acceptors (Lipinski definition) is 7. The van der Waals surface area contributed by atoms with E-state index in [1.165, 1.54) is 24.3 Å². The molecule has 0 saturated carbocycles. The maximum atomic E-state index is 13.0. The van der Waals surface area contributed by atoms with Crippen LogP contribution in [0.5, 0.6) is 0 Å². The molecule has 8 nitrogen and oxygen atoms in total. The van der Waals surface area contributed by atoms with E-state index in [1.54, 1.807) is 67.6 Å². The second kappa shape index (κ2) is 10.7. The molecule has 0 unspecified atom stereocenters. The Hall–Kier alpha value is -4.46. The van der Waals surface area contributed by atoms with Gasteiger partial charge in [0.25, 0.3) is 5.91 Å². The lowest BCUT2D eigenvalue weighted by molar-refractivity contribution is -0.317. The summed E-state index contributed by atoms with van der Waals surface area (Å²) in [6, 6.07) is 22.0. The van der Waals surface area contributed by atoms with E-state index >= 15 is 0 Å². The predicted molar refractivity (Wildman–Crippen MR) is 116 cm³/mol. The van der Waals surface area contributed by atoms with Crippen LogP contribution in [0, 0.1) is 6.92 Å². The van der Waals surface area contributed by atoms with Gasteiger partial charge in [-0.1, -0.05) is 48.5 Å². The zero-order valence-corrected chi connectivity index (χ0v) is 17.6. The average molecular weight is 446 g/mol. The number of ether oxygens (including phenoxy) is 2. The van der Waals surface area contributed by atoms with Crippen molar-refractivity contribution in [1.29, 1.82) is 0 Å². The molecule has 3 aromatic carbocycles. The molecular weight excluding hydrogens is 426 g/mol. The van der Waals surface area contributed by atoms with Crippen molar-refractivity contribution in [3.05, 3.63) is 102 Å². The summed E-state index contributed by atoms with van der Waals surface area (Å²) in [4.78, 5) is 49.9. The molecule has 8 heteroatoms. The number of amides is 1. The zero-order chi connectivity index (χ0) is 23.8. The molecule has 3 rings (SSSR count). The summed E-state index contributed by atoms with van der Waals surface area (Å²) in [6.07, 6.45) is -4.22. The molecule has 0 heterocycles. The second-order valence-electron chi connectivity index (χ2n) is 7.06. The number of nitrogens with one attached hydrogen (secondary N) is 1. The number of carbonyl (C=O) groups excluding carboxylic acids is 4. The fourth-order valence-electron chi connectivity index (χ4n) is 2.94. The van der Waals surface area contributed by atoms with Gasteiger partial charge >= 0.3 is 11.9 Å². The van der Waals surface area contributed by atoms with E-state index < -0.39 is 36.0 Å². The van der Waals surface area contributed by atoms with Crippen molar-refractivity contribution in [2.24, 2.45) is 0 Å². The molecule has 3 aromatic rings. The Morgan fingerprint density at radius 3 is 1.73 bits per heavy atom. The van der Waals surface area contributed by atoms with Gasteiger partial charge in [-0.3, -0.25) is 4.79 Å². The van der Waals surface area contributed by atoms with Crippen molar-refractivity contribution in [2.75, 3.05) is 5.32 Å². The Bertz CT molecular complexity index is 1150. The van der Waals surface area contributed by atoms with E-state index in [4.69, 9.17) is 9.47 Å². The van der Waals surface area contributed by atoms with Gasteiger partial charge in [0.15, 0.2) is 6.10 Å². The molecule has 1 N–H and O–H groups in total. The molecule has 0 aromatic heterocycles. The Morgan fingerprint density at radius 2 is 1.24 bits per heavy atom. The minimum atomic E-state index is -2.20. The Labute approximate surface area is 189 Å². The molecule has 0 fully saturated rings. The normalized spacial score (nSPS) is 12.2. The van der Waals surface area contributed by atoms with Gasteiger partial charge in [0.1, 0.15) is 0 Å². The molecule has 0 saturated heterocycles. The van der Waals surface area contributed by atoms with Crippen LogP contribution in [0.1, 0.15) is 26.3 Å².